The molecule has 0 amide bonds. The second kappa shape index (κ2) is 8.32. The number of H-pyrrole nitrogens is 1. The predicted octanol–water partition coefficient (Wildman–Crippen LogP) is 5.66. The van der Waals surface area contributed by atoms with Gasteiger partial charge in [0.15, 0.2) is 17.0 Å². The number of anilines is 3. The zero-order valence-corrected chi connectivity index (χ0v) is 18.4. The van der Waals surface area contributed by atoms with Crippen molar-refractivity contribution in [3.8, 4) is 0 Å². The largest absolute Gasteiger partial charge is 0.416 e. The molecule has 0 fully saturated rings. The van der Waals surface area contributed by atoms with Crippen LogP contribution in [0.1, 0.15) is 31.3 Å². The van der Waals surface area contributed by atoms with Crippen molar-refractivity contribution < 1.29 is 13.2 Å². The lowest BCUT2D eigenvalue weighted by Crippen LogP contribution is -2.08. The topological polar surface area (TPSA) is 96.3 Å². The Labute approximate surface area is 192 Å². The summed E-state index contributed by atoms with van der Waals surface area (Å²) in [4.78, 5) is 21.4. The van der Waals surface area contributed by atoms with E-state index in [0.717, 1.165) is 29.0 Å². The minimum absolute atomic E-state index is 0.0991. The fraction of sp³-hybridized carbons (Fsp3) is 0.217. The molecule has 0 spiro atoms. The van der Waals surface area contributed by atoms with Crippen molar-refractivity contribution in [2.75, 3.05) is 10.6 Å². The molecule has 0 atom stereocenters. The average Bonchev–Trinajstić information content (AvgIpc) is 3.41. The Morgan fingerprint density at radius 2 is 1.76 bits per heavy atom. The third-order valence-corrected chi connectivity index (χ3v) is 5.31. The number of imidazole rings is 2. The SMILES string of the molecule is CC(C)n1cnc2c(NCc3nc4ccccc4[nH]3)nc(Nc3ccc(C(F)(F)F)cc3)nc21. The maximum atomic E-state index is 12.9. The van der Waals surface area contributed by atoms with E-state index in [4.69, 9.17) is 0 Å². The summed E-state index contributed by atoms with van der Waals surface area (Å²) in [6.07, 6.45) is -2.70. The Morgan fingerprint density at radius 3 is 2.47 bits per heavy atom. The Balaban J connectivity index is 1.46. The second-order valence-corrected chi connectivity index (χ2v) is 8.07. The third-order valence-electron chi connectivity index (χ3n) is 5.31. The number of nitrogens with one attached hydrogen (secondary N) is 3. The van der Waals surface area contributed by atoms with Crippen LogP contribution in [0.5, 0.6) is 0 Å². The molecule has 0 aliphatic rings. The van der Waals surface area contributed by atoms with Gasteiger partial charge in [0.2, 0.25) is 5.95 Å². The van der Waals surface area contributed by atoms with Crippen molar-refractivity contribution >= 4 is 39.7 Å². The molecule has 0 aliphatic heterocycles. The molecule has 5 aromatic rings. The number of alkyl halides is 3. The molecule has 0 saturated heterocycles. The van der Waals surface area contributed by atoms with Crippen molar-refractivity contribution in [3.63, 3.8) is 0 Å². The van der Waals surface area contributed by atoms with Crippen LogP contribution in [0.2, 0.25) is 0 Å². The first-order valence-electron chi connectivity index (χ1n) is 10.6. The number of hydrogen-bond donors (Lipinski definition) is 3. The first-order valence-corrected chi connectivity index (χ1v) is 10.6. The summed E-state index contributed by atoms with van der Waals surface area (Å²) in [5.74, 6) is 1.45. The summed E-state index contributed by atoms with van der Waals surface area (Å²) in [6, 6.07) is 12.5. The number of benzene rings is 2. The van der Waals surface area contributed by atoms with Crippen LogP contribution in [0.4, 0.5) is 30.6 Å². The molecule has 0 saturated carbocycles. The monoisotopic (exact) mass is 466 g/mol. The quantitative estimate of drug-likeness (QED) is 0.299. The summed E-state index contributed by atoms with van der Waals surface area (Å²) in [5.41, 5.74) is 2.70. The molecular formula is C23H21F3N8. The number of rotatable bonds is 6. The fourth-order valence-corrected chi connectivity index (χ4v) is 3.60. The van der Waals surface area contributed by atoms with Crippen molar-refractivity contribution in [2.24, 2.45) is 0 Å². The first-order chi connectivity index (χ1) is 16.3. The van der Waals surface area contributed by atoms with Crippen LogP contribution >= 0.6 is 0 Å². The zero-order chi connectivity index (χ0) is 23.9. The maximum absolute atomic E-state index is 12.9. The van der Waals surface area contributed by atoms with Gasteiger partial charge in [-0.05, 0) is 50.2 Å². The number of halogens is 3. The van der Waals surface area contributed by atoms with Crippen LogP contribution < -0.4 is 10.6 Å². The van der Waals surface area contributed by atoms with E-state index in [9.17, 15) is 13.2 Å². The Hall–Kier alpha value is -4.15. The number of hydrogen-bond acceptors (Lipinski definition) is 6. The number of para-hydroxylation sites is 2. The number of nitrogens with zero attached hydrogens (tertiary/aromatic N) is 5. The highest BCUT2D eigenvalue weighted by atomic mass is 19.4. The average molecular weight is 466 g/mol. The van der Waals surface area contributed by atoms with E-state index in [1.807, 2.05) is 42.7 Å². The highest BCUT2D eigenvalue weighted by molar-refractivity contribution is 5.85. The molecule has 174 valence electrons. The van der Waals surface area contributed by atoms with Gasteiger partial charge in [-0.3, -0.25) is 0 Å². The lowest BCUT2D eigenvalue weighted by Gasteiger charge is -2.12. The lowest BCUT2D eigenvalue weighted by atomic mass is 10.2. The molecule has 8 nitrogen and oxygen atoms in total. The summed E-state index contributed by atoms with van der Waals surface area (Å²) in [6.45, 7) is 4.39. The van der Waals surface area contributed by atoms with Gasteiger partial charge >= 0.3 is 6.18 Å². The molecule has 0 bridgehead atoms. The van der Waals surface area contributed by atoms with Crippen LogP contribution in [0.25, 0.3) is 22.2 Å². The molecule has 11 heteroatoms. The highest BCUT2D eigenvalue weighted by Crippen LogP contribution is 2.31. The molecular weight excluding hydrogens is 445 g/mol. The second-order valence-electron chi connectivity index (χ2n) is 8.07. The van der Waals surface area contributed by atoms with Crippen LogP contribution in [0.15, 0.2) is 54.9 Å². The summed E-state index contributed by atoms with van der Waals surface area (Å²) in [7, 11) is 0. The number of aromatic nitrogens is 6. The van der Waals surface area contributed by atoms with Crippen molar-refractivity contribution in [2.45, 2.75) is 32.6 Å². The molecule has 3 aromatic heterocycles. The summed E-state index contributed by atoms with van der Waals surface area (Å²) < 4.78 is 40.5. The molecule has 0 radical (unpaired) electrons. The maximum Gasteiger partial charge on any atom is 0.416 e. The van der Waals surface area contributed by atoms with Gasteiger partial charge in [0.1, 0.15) is 5.82 Å². The first kappa shape index (κ1) is 21.7. The smallest absolute Gasteiger partial charge is 0.361 e. The fourth-order valence-electron chi connectivity index (χ4n) is 3.60. The van der Waals surface area contributed by atoms with E-state index in [1.54, 1.807) is 6.33 Å². The van der Waals surface area contributed by atoms with Crippen LogP contribution in [0.3, 0.4) is 0 Å². The summed E-state index contributed by atoms with van der Waals surface area (Å²) >= 11 is 0. The van der Waals surface area contributed by atoms with Gasteiger partial charge in [-0.25, -0.2) is 9.97 Å². The number of aromatic amines is 1. The molecule has 2 aromatic carbocycles. The van der Waals surface area contributed by atoms with Gasteiger partial charge < -0.3 is 20.2 Å². The minimum atomic E-state index is -4.40. The van der Waals surface area contributed by atoms with E-state index >= 15 is 0 Å². The summed E-state index contributed by atoms with van der Waals surface area (Å²) in [5, 5.41) is 6.26. The van der Waals surface area contributed by atoms with Crippen molar-refractivity contribution in [1.29, 1.82) is 0 Å². The van der Waals surface area contributed by atoms with E-state index < -0.39 is 11.7 Å². The van der Waals surface area contributed by atoms with E-state index in [2.05, 4.69) is 35.6 Å². The van der Waals surface area contributed by atoms with Crippen LogP contribution in [-0.4, -0.2) is 29.5 Å². The van der Waals surface area contributed by atoms with Gasteiger partial charge in [-0.1, -0.05) is 12.1 Å². The van der Waals surface area contributed by atoms with E-state index in [1.165, 1.54) is 12.1 Å². The molecule has 5 rings (SSSR count). The zero-order valence-electron chi connectivity index (χ0n) is 18.4. The van der Waals surface area contributed by atoms with Gasteiger partial charge in [0.05, 0.1) is 29.5 Å². The Bertz CT molecular complexity index is 1420. The van der Waals surface area contributed by atoms with Crippen LogP contribution in [0, 0.1) is 0 Å². The molecule has 0 unspecified atom stereocenters. The molecule has 3 N–H and O–H groups in total. The van der Waals surface area contributed by atoms with Gasteiger partial charge in [-0.15, -0.1) is 0 Å². The Morgan fingerprint density at radius 1 is 1.00 bits per heavy atom. The minimum Gasteiger partial charge on any atom is -0.361 e. The standard InChI is InChI=1S/C23H21F3N8/c1-13(2)34-12-28-19-20(27-11-18-30-16-5-3-4-6-17(16)31-18)32-22(33-21(19)34)29-15-9-7-14(8-10-15)23(24,25)26/h3-10,12-13H,11H2,1-2H3,(H,30,31)(H2,27,29,32,33). The van der Waals surface area contributed by atoms with Crippen molar-refractivity contribution in [3.05, 3.63) is 66.2 Å². The van der Waals surface area contributed by atoms with E-state index in [0.29, 0.717) is 29.2 Å². The highest BCUT2D eigenvalue weighted by Gasteiger charge is 2.30. The van der Waals surface area contributed by atoms with Gasteiger partial charge in [0.25, 0.3) is 0 Å². The Kier molecular flexibility index (Phi) is 5.31. The molecule has 34 heavy (non-hydrogen) atoms. The lowest BCUT2D eigenvalue weighted by molar-refractivity contribution is -0.137. The normalized spacial score (nSPS) is 12.1. The molecule has 3 heterocycles. The van der Waals surface area contributed by atoms with E-state index in [-0.39, 0.29) is 12.0 Å². The molecule has 0 aliphatic carbocycles. The van der Waals surface area contributed by atoms with Crippen LogP contribution in [-0.2, 0) is 12.7 Å². The number of fused-ring (bicyclic) bond motifs is 2. The predicted molar refractivity (Wildman–Crippen MR) is 124 cm³/mol. The van der Waals surface area contributed by atoms with Crippen molar-refractivity contribution in [1.82, 2.24) is 29.5 Å². The van der Waals surface area contributed by atoms with Gasteiger partial charge in [-0.2, -0.15) is 23.1 Å². The van der Waals surface area contributed by atoms with Gasteiger partial charge in [0, 0.05) is 11.7 Å². The third kappa shape index (κ3) is 4.24.